The summed E-state index contributed by atoms with van der Waals surface area (Å²) in [6.07, 6.45) is 2.65. The van der Waals surface area contributed by atoms with E-state index in [9.17, 15) is 14.4 Å². The van der Waals surface area contributed by atoms with Gasteiger partial charge in [0.1, 0.15) is 0 Å². The van der Waals surface area contributed by atoms with Crippen molar-refractivity contribution in [2.45, 2.75) is 26.2 Å². The fraction of sp³-hybridized carbons (Fsp3) is 0.500. The summed E-state index contributed by atoms with van der Waals surface area (Å²) in [6, 6.07) is 6.81. The number of nitrogens with one attached hydrogen (secondary N) is 1. The normalized spacial score (nSPS) is 18.0. The van der Waals surface area contributed by atoms with Crippen molar-refractivity contribution in [3.8, 4) is 0 Å². The van der Waals surface area contributed by atoms with Crippen molar-refractivity contribution in [1.29, 1.82) is 0 Å². The Kier molecular flexibility index (Phi) is 4.83. The Morgan fingerprint density at radius 3 is 2.29 bits per heavy atom. The third kappa shape index (κ3) is 3.27. The smallest absolute Gasteiger partial charge is 0.317 e. The van der Waals surface area contributed by atoms with Gasteiger partial charge >= 0.3 is 6.03 Å². The number of amides is 4. The minimum atomic E-state index is -0.244. The molecular formula is C18H23N3O3. The molecule has 0 aliphatic carbocycles. The second-order valence-electron chi connectivity index (χ2n) is 6.56. The number of hydrogen-bond acceptors (Lipinski definition) is 3. The summed E-state index contributed by atoms with van der Waals surface area (Å²) < 4.78 is 0. The number of nitrogens with zero attached hydrogens (tertiary/aromatic N) is 2. The maximum atomic E-state index is 12.2. The number of hydrogen-bond donors (Lipinski definition) is 1. The predicted octanol–water partition coefficient (Wildman–Crippen LogP) is 2.11. The molecule has 0 unspecified atom stereocenters. The van der Waals surface area contributed by atoms with Gasteiger partial charge in [0.25, 0.3) is 11.8 Å². The van der Waals surface area contributed by atoms with Gasteiger partial charge in [-0.2, -0.15) is 0 Å². The van der Waals surface area contributed by atoms with E-state index in [0.717, 1.165) is 25.9 Å². The molecule has 2 aliphatic heterocycles. The SMILES string of the molecule is CC1CCN(C(=O)NCCCN2C(=O)c3ccccc3C2=O)CC1. The number of benzene rings is 1. The van der Waals surface area contributed by atoms with Crippen molar-refractivity contribution in [3.05, 3.63) is 35.4 Å². The van der Waals surface area contributed by atoms with Crippen LogP contribution >= 0.6 is 0 Å². The van der Waals surface area contributed by atoms with Gasteiger partial charge in [-0.3, -0.25) is 14.5 Å². The first-order valence-corrected chi connectivity index (χ1v) is 8.56. The van der Waals surface area contributed by atoms with E-state index in [1.165, 1.54) is 4.90 Å². The fourth-order valence-corrected chi connectivity index (χ4v) is 3.20. The van der Waals surface area contributed by atoms with Gasteiger partial charge in [-0.1, -0.05) is 19.1 Å². The van der Waals surface area contributed by atoms with E-state index in [-0.39, 0.29) is 17.8 Å². The lowest BCUT2D eigenvalue weighted by atomic mass is 10.00. The minimum absolute atomic E-state index is 0.0516. The Hall–Kier alpha value is -2.37. The Balaban J connectivity index is 1.44. The van der Waals surface area contributed by atoms with Crippen LogP contribution in [0.4, 0.5) is 4.79 Å². The lowest BCUT2D eigenvalue weighted by Crippen LogP contribution is -2.44. The number of carbonyl (C=O) groups is 3. The summed E-state index contributed by atoms with van der Waals surface area (Å²) in [5, 5.41) is 2.88. The van der Waals surface area contributed by atoms with Gasteiger partial charge in [-0.15, -0.1) is 0 Å². The van der Waals surface area contributed by atoms with Crippen molar-refractivity contribution in [2.75, 3.05) is 26.2 Å². The number of urea groups is 1. The Morgan fingerprint density at radius 1 is 1.12 bits per heavy atom. The highest BCUT2D eigenvalue weighted by molar-refractivity contribution is 6.21. The van der Waals surface area contributed by atoms with E-state index in [2.05, 4.69) is 12.2 Å². The van der Waals surface area contributed by atoms with Crippen LogP contribution in [0.2, 0.25) is 0 Å². The van der Waals surface area contributed by atoms with Crippen LogP contribution in [0.15, 0.2) is 24.3 Å². The zero-order chi connectivity index (χ0) is 17.1. The lowest BCUT2D eigenvalue weighted by Gasteiger charge is -2.30. The van der Waals surface area contributed by atoms with Crippen LogP contribution in [0.1, 0.15) is 46.9 Å². The third-order valence-corrected chi connectivity index (χ3v) is 4.78. The molecular weight excluding hydrogens is 306 g/mol. The Morgan fingerprint density at radius 2 is 1.71 bits per heavy atom. The summed E-state index contributed by atoms with van der Waals surface area (Å²) in [6.45, 7) is 4.58. The number of rotatable bonds is 4. The van der Waals surface area contributed by atoms with Gasteiger partial charge in [0.2, 0.25) is 0 Å². The molecule has 1 fully saturated rings. The van der Waals surface area contributed by atoms with Gasteiger partial charge in [-0.25, -0.2) is 4.79 Å². The van der Waals surface area contributed by atoms with Crippen LogP contribution in [-0.2, 0) is 0 Å². The molecule has 1 N–H and O–H groups in total. The molecule has 24 heavy (non-hydrogen) atoms. The monoisotopic (exact) mass is 329 g/mol. The second-order valence-corrected chi connectivity index (χ2v) is 6.56. The fourth-order valence-electron chi connectivity index (χ4n) is 3.20. The van der Waals surface area contributed by atoms with Crippen LogP contribution in [-0.4, -0.2) is 53.8 Å². The molecule has 1 aromatic carbocycles. The van der Waals surface area contributed by atoms with Gasteiger partial charge in [0.15, 0.2) is 0 Å². The van der Waals surface area contributed by atoms with E-state index in [1.807, 2.05) is 4.90 Å². The van der Waals surface area contributed by atoms with Gasteiger partial charge in [0.05, 0.1) is 11.1 Å². The average molecular weight is 329 g/mol. The zero-order valence-electron chi connectivity index (χ0n) is 14.0. The summed E-state index contributed by atoms with van der Waals surface area (Å²) in [5.41, 5.74) is 0.933. The first-order valence-electron chi connectivity index (χ1n) is 8.56. The van der Waals surface area contributed by atoms with Crippen molar-refractivity contribution >= 4 is 17.8 Å². The molecule has 0 saturated carbocycles. The molecule has 1 saturated heterocycles. The largest absolute Gasteiger partial charge is 0.338 e. The molecule has 6 heteroatoms. The van der Waals surface area contributed by atoms with E-state index in [4.69, 9.17) is 0 Å². The number of carbonyl (C=O) groups excluding carboxylic acids is 3. The molecule has 0 bridgehead atoms. The molecule has 128 valence electrons. The highest BCUT2D eigenvalue weighted by atomic mass is 16.2. The maximum Gasteiger partial charge on any atom is 0.317 e. The van der Waals surface area contributed by atoms with Gasteiger partial charge < -0.3 is 10.2 Å². The van der Waals surface area contributed by atoms with E-state index >= 15 is 0 Å². The summed E-state index contributed by atoms with van der Waals surface area (Å²) in [5.74, 6) is 0.196. The number of likely N-dealkylation sites (tertiary alicyclic amines) is 1. The molecule has 0 aromatic heterocycles. The van der Waals surface area contributed by atoms with Crippen molar-refractivity contribution < 1.29 is 14.4 Å². The van der Waals surface area contributed by atoms with E-state index < -0.39 is 0 Å². The van der Waals surface area contributed by atoms with E-state index in [0.29, 0.717) is 36.6 Å². The zero-order valence-corrected chi connectivity index (χ0v) is 14.0. The second kappa shape index (κ2) is 7.03. The van der Waals surface area contributed by atoms with Crippen molar-refractivity contribution in [3.63, 3.8) is 0 Å². The van der Waals surface area contributed by atoms with E-state index in [1.54, 1.807) is 24.3 Å². The molecule has 0 radical (unpaired) electrons. The Bertz CT molecular complexity index is 616. The van der Waals surface area contributed by atoms with Crippen LogP contribution in [0.5, 0.6) is 0 Å². The highest BCUT2D eigenvalue weighted by Gasteiger charge is 2.34. The summed E-state index contributed by atoms with van der Waals surface area (Å²) >= 11 is 0. The first-order chi connectivity index (χ1) is 11.6. The number of fused-ring (bicyclic) bond motifs is 1. The highest BCUT2D eigenvalue weighted by Crippen LogP contribution is 2.22. The number of imide groups is 1. The molecule has 6 nitrogen and oxygen atoms in total. The molecule has 0 spiro atoms. The summed E-state index contributed by atoms with van der Waals surface area (Å²) in [7, 11) is 0. The van der Waals surface area contributed by atoms with Crippen LogP contribution in [0, 0.1) is 5.92 Å². The first kappa shape index (κ1) is 16.5. The molecule has 3 rings (SSSR count). The summed E-state index contributed by atoms with van der Waals surface area (Å²) in [4.78, 5) is 39.6. The quantitative estimate of drug-likeness (QED) is 0.679. The Labute approximate surface area is 141 Å². The van der Waals surface area contributed by atoms with Crippen molar-refractivity contribution in [2.24, 2.45) is 5.92 Å². The molecule has 1 aromatic rings. The molecule has 2 aliphatic rings. The topological polar surface area (TPSA) is 69.7 Å². The van der Waals surface area contributed by atoms with Gasteiger partial charge in [0, 0.05) is 26.2 Å². The molecule has 4 amide bonds. The standard InChI is InChI=1S/C18H23N3O3/c1-13-7-11-20(12-8-13)18(24)19-9-4-10-21-16(22)14-5-2-3-6-15(14)17(21)23/h2-3,5-6,13H,4,7-12H2,1H3,(H,19,24). The van der Waals surface area contributed by atoms with Crippen molar-refractivity contribution in [1.82, 2.24) is 15.1 Å². The maximum absolute atomic E-state index is 12.2. The minimum Gasteiger partial charge on any atom is -0.338 e. The molecule has 2 heterocycles. The average Bonchev–Trinajstić information content (AvgIpc) is 2.84. The predicted molar refractivity (Wildman–Crippen MR) is 89.8 cm³/mol. The van der Waals surface area contributed by atoms with Crippen LogP contribution in [0.25, 0.3) is 0 Å². The lowest BCUT2D eigenvalue weighted by molar-refractivity contribution is 0.0653. The third-order valence-electron chi connectivity index (χ3n) is 4.78. The number of piperidine rings is 1. The van der Waals surface area contributed by atoms with Crippen LogP contribution < -0.4 is 5.32 Å². The molecule has 0 atom stereocenters. The van der Waals surface area contributed by atoms with Gasteiger partial charge in [-0.05, 0) is 37.3 Å². The van der Waals surface area contributed by atoms with Crippen LogP contribution in [0.3, 0.4) is 0 Å².